The van der Waals surface area contributed by atoms with Crippen molar-refractivity contribution in [3.8, 4) is 0 Å². The highest BCUT2D eigenvalue weighted by Crippen LogP contribution is 2.24. The van der Waals surface area contributed by atoms with E-state index in [1.807, 2.05) is 6.92 Å². The highest BCUT2D eigenvalue weighted by molar-refractivity contribution is 5.80. The van der Waals surface area contributed by atoms with Gasteiger partial charge >= 0.3 is 0 Å². The molecule has 1 fully saturated rings. The van der Waals surface area contributed by atoms with Crippen molar-refractivity contribution >= 4 is 5.91 Å². The van der Waals surface area contributed by atoms with Crippen molar-refractivity contribution in [3.63, 3.8) is 0 Å². The summed E-state index contributed by atoms with van der Waals surface area (Å²) >= 11 is 0. The summed E-state index contributed by atoms with van der Waals surface area (Å²) in [4.78, 5) is 12.1. The van der Waals surface area contributed by atoms with Crippen LogP contribution in [0.5, 0.6) is 0 Å². The fraction of sp³-hybridized carbons (Fsp3) is 0.611. The summed E-state index contributed by atoms with van der Waals surface area (Å²) in [6.45, 7) is 4.21. The van der Waals surface area contributed by atoms with Gasteiger partial charge in [-0.25, -0.2) is 0 Å². The molecule has 1 amide bonds. The predicted octanol–water partition coefficient (Wildman–Crippen LogP) is 1.86. The van der Waals surface area contributed by atoms with Crippen molar-refractivity contribution < 1.29 is 10.1 Å². The summed E-state index contributed by atoms with van der Waals surface area (Å²) in [6.07, 6.45) is 7.39. The molecule has 0 heterocycles. The van der Waals surface area contributed by atoms with E-state index in [9.17, 15) is 4.79 Å². The zero-order valence-electron chi connectivity index (χ0n) is 13.2. The number of quaternary nitrogens is 1. The Balaban J connectivity index is 1.61. The molecule has 0 radical (unpaired) electrons. The van der Waals surface area contributed by atoms with E-state index in [4.69, 9.17) is 0 Å². The number of rotatable bonds is 5. The summed E-state index contributed by atoms with van der Waals surface area (Å²) in [5.41, 5.74) is 4.40. The quantitative estimate of drug-likeness (QED) is 0.853. The number of carbonyl (C=O) groups excluding carboxylic acids is 1. The first kappa shape index (κ1) is 14.6. The van der Waals surface area contributed by atoms with Crippen LogP contribution in [0.25, 0.3) is 0 Å². The number of fused-ring (bicyclic) bond motifs is 1. The van der Waals surface area contributed by atoms with Crippen molar-refractivity contribution in [2.75, 3.05) is 0 Å². The van der Waals surface area contributed by atoms with Crippen LogP contribution in [0.15, 0.2) is 18.2 Å². The molecule has 0 spiro atoms. The third-order valence-corrected chi connectivity index (χ3v) is 4.81. The lowest BCUT2D eigenvalue weighted by atomic mass is 9.89. The molecule has 3 rings (SSSR count). The fourth-order valence-electron chi connectivity index (χ4n) is 3.23. The maximum Gasteiger partial charge on any atom is 0.278 e. The molecule has 2 aliphatic carbocycles. The fourth-order valence-corrected chi connectivity index (χ4v) is 3.23. The first-order valence-corrected chi connectivity index (χ1v) is 8.40. The Kier molecular flexibility index (Phi) is 4.29. The van der Waals surface area contributed by atoms with Gasteiger partial charge in [-0.3, -0.25) is 4.79 Å². The number of aryl methyl sites for hydroxylation is 2. The SMILES string of the molecule is C[C@H]([NH2+][C@H](C)C(=O)NC1CC1)c1ccc2c(c1)CCCC2. The molecule has 1 aromatic carbocycles. The van der Waals surface area contributed by atoms with Crippen LogP contribution >= 0.6 is 0 Å². The Bertz CT molecular complexity index is 522. The van der Waals surface area contributed by atoms with E-state index in [0.717, 1.165) is 12.8 Å². The molecule has 114 valence electrons. The maximum absolute atomic E-state index is 12.1. The van der Waals surface area contributed by atoms with E-state index >= 15 is 0 Å². The van der Waals surface area contributed by atoms with Gasteiger partial charge in [0.2, 0.25) is 0 Å². The maximum atomic E-state index is 12.1. The molecular formula is C18H27N2O+. The third-order valence-electron chi connectivity index (χ3n) is 4.81. The van der Waals surface area contributed by atoms with Crippen LogP contribution in [-0.4, -0.2) is 18.0 Å². The minimum atomic E-state index is -0.0170. The normalized spacial score (nSPS) is 20.5. The third kappa shape index (κ3) is 3.65. The molecule has 1 aromatic rings. The molecule has 0 saturated heterocycles. The predicted molar refractivity (Wildman–Crippen MR) is 84.1 cm³/mol. The second-order valence-electron chi connectivity index (χ2n) is 6.79. The molecule has 21 heavy (non-hydrogen) atoms. The highest BCUT2D eigenvalue weighted by Gasteiger charge is 2.28. The van der Waals surface area contributed by atoms with Gasteiger partial charge in [0.1, 0.15) is 6.04 Å². The van der Waals surface area contributed by atoms with E-state index < -0.39 is 0 Å². The largest absolute Gasteiger partial charge is 0.348 e. The Morgan fingerprint density at radius 2 is 1.90 bits per heavy atom. The molecular weight excluding hydrogens is 260 g/mol. The Morgan fingerprint density at radius 3 is 2.62 bits per heavy atom. The van der Waals surface area contributed by atoms with Gasteiger partial charge in [-0.15, -0.1) is 0 Å². The van der Waals surface area contributed by atoms with Crippen LogP contribution in [0.1, 0.15) is 62.3 Å². The van der Waals surface area contributed by atoms with E-state index in [1.165, 1.54) is 42.4 Å². The molecule has 3 heteroatoms. The van der Waals surface area contributed by atoms with Crippen LogP contribution in [0.4, 0.5) is 0 Å². The van der Waals surface area contributed by atoms with Crippen LogP contribution < -0.4 is 10.6 Å². The second kappa shape index (κ2) is 6.18. The summed E-state index contributed by atoms with van der Waals surface area (Å²) in [7, 11) is 0. The second-order valence-corrected chi connectivity index (χ2v) is 6.79. The number of carbonyl (C=O) groups is 1. The van der Waals surface area contributed by atoms with Gasteiger partial charge in [-0.1, -0.05) is 12.1 Å². The van der Waals surface area contributed by atoms with Crippen LogP contribution in [0.3, 0.4) is 0 Å². The lowest BCUT2D eigenvalue weighted by molar-refractivity contribution is -0.710. The molecule has 0 bridgehead atoms. The molecule has 0 aliphatic heterocycles. The Hall–Kier alpha value is -1.35. The van der Waals surface area contributed by atoms with Gasteiger partial charge in [0.25, 0.3) is 5.91 Å². The van der Waals surface area contributed by atoms with Gasteiger partial charge in [-0.05, 0) is 69.6 Å². The molecule has 0 aromatic heterocycles. The van der Waals surface area contributed by atoms with Crippen LogP contribution in [-0.2, 0) is 17.6 Å². The first-order valence-electron chi connectivity index (χ1n) is 8.40. The zero-order chi connectivity index (χ0) is 14.8. The monoisotopic (exact) mass is 287 g/mol. The van der Waals surface area contributed by atoms with Gasteiger partial charge in [0, 0.05) is 11.6 Å². The summed E-state index contributed by atoms with van der Waals surface area (Å²) < 4.78 is 0. The number of nitrogens with two attached hydrogens (primary N) is 1. The molecule has 0 unspecified atom stereocenters. The number of hydrogen-bond donors (Lipinski definition) is 2. The molecule has 2 atom stereocenters. The highest BCUT2D eigenvalue weighted by atomic mass is 16.2. The van der Waals surface area contributed by atoms with Crippen molar-refractivity contribution in [2.45, 2.75) is 70.5 Å². The lowest BCUT2D eigenvalue weighted by Gasteiger charge is -2.20. The number of nitrogens with one attached hydrogen (secondary N) is 1. The van der Waals surface area contributed by atoms with Crippen LogP contribution in [0, 0.1) is 0 Å². The number of hydrogen-bond acceptors (Lipinski definition) is 1. The Morgan fingerprint density at radius 1 is 1.19 bits per heavy atom. The number of benzene rings is 1. The average Bonchev–Trinajstić information content (AvgIpc) is 3.30. The average molecular weight is 287 g/mol. The zero-order valence-corrected chi connectivity index (χ0v) is 13.2. The summed E-state index contributed by atoms with van der Waals surface area (Å²) in [5.74, 6) is 0.183. The van der Waals surface area contributed by atoms with E-state index in [0.29, 0.717) is 12.1 Å². The molecule has 2 aliphatic rings. The van der Waals surface area contributed by atoms with Crippen molar-refractivity contribution in [1.82, 2.24) is 5.32 Å². The number of amides is 1. The lowest BCUT2D eigenvalue weighted by Crippen LogP contribution is -2.92. The van der Waals surface area contributed by atoms with Gasteiger partial charge in [-0.2, -0.15) is 0 Å². The minimum Gasteiger partial charge on any atom is -0.348 e. The molecule has 3 nitrogen and oxygen atoms in total. The summed E-state index contributed by atoms with van der Waals surface area (Å²) in [6, 6.07) is 7.67. The standard InChI is InChI=1S/C18H26N2O/c1-12(19-13(2)18(21)20-17-9-10-17)15-8-7-14-5-3-4-6-16(14)11-15/h7-8,11-13,17,19H,3-6,9-10H2,1-2H3,(H,20,21)/p+1/t12-,13+/m0/s1. The van der Waals surface area contributed by atoms with Crippen molar-refractivity contribution in [3.05, 3.63) is 34.9 Å². The Labute approximate surface area is 127 Å². The van der Waals surface area contributed by atoms with E-state index in [-0.39, 0.29) is 11.9 Å². The first-order chi connectivity index (χ1) is 10.1. The molecule has 1 saturated carbocycles. The summed E-state index contributed by atoms with van der Waals surface area (Å²) in [5, 5.41) is 5.27. The van der Waals surface area contributed by atoms with Gasteiger partial charge in [0.05, 0.1) is 0 Å². The van der Waals surface area contributed by atoms with Crippen molar-refractivity contribution in [2.24, 2.45) is 0 Å². The van der Waals surface area contributed by atoms with Crippen LogP contribution in [0.2, 0.25) is 0 Å². The minimum absolute atomic E-state index is 0.0170. The van der Waals surface area contributed by atoms with E-state index in [1.54, 1.807) is 0 Å². The van der Waals surface area contributed by atoms with Gasteiger partial charge in [0.15, 0.2) is 6.04 Å². The van der Waals surface area contributed by atoms with Crippen molar-refractivity contribution in [1.29, 1.82) is 0 Å². The van der Waals surface area contributed by atoms with Gasteiger partial charge < -0.3 is 10.6 Å². The smallest absolute Gasteiger partial charge is 0.278 e. The molecule has 3 N–H and O–H groups in total. The topological polar surface area (TPSA) is 45.7 Å². The van der Waals surface area contributed by atoms with E-state index in [2.05, 4.69) is 35.8 Å².